The topological polar surface area (TPSA) is 86.8 Å². The summed E-state index contributed by atoms with van der Waals surface area (Å²) in [6, 6.07) is 29.8. The van der Waals surface area contributed by atoms with Crippen LogP contribution in [-0.2, 0) is 32.6 Å². The smallest absolute Gasteiger partial charge is 0.264 e. The summed E-state index contributed by atoms with van der Waals surface area (Å²) in [5.74, 6) is -0.722. The molecule has 7 nitrogen and oxygen atoms in total. The first kappa shape index (κ1) is 34.9. The number of nitrogens with zero attached hydrogens (tertiary/aromatic N) is 2. The van der Waals surface area contributed by atoms with Crippen LogP contribution >= 0.6 is 31.9 Å². The first-order chi connectivity index (χ1) is 22.6. The van der Waals surface area contributed by atoms with Gasteiger partial charge in [-0.15, -0.1) is 0 Å². The number of amides is 2. The molecule has 1 N–H and O–H groups in total. The van der Waals surface area contributed by atoms with Gasteiger partial charge in [0.05, 0.1) is 10.6 Å². The molecule has 0 aromatic heterocycles. The second kappa shape index (κ2) is 16.1. The minimum atomic E-state index is -4.17. The Morgan fingerprint density at radius 3 is 2.11 bits per heavy atom. The van der Waals surface area contributed by atoms with Gasteiger partial charge < -0.3 is 10.2 Å². The van der Waals surface area contributed by atoms with E-state index >= 15 is 0 Å². The molecule has 4 aromatic carbocycles. The van der Waals surface area contributed by atoms with Crippen LogP contribution in [0.1, 0.15) is 48.8 Å². The summed E-state index contributed by atoms with van der Waals surface area (Å²) in [7, 11) is -4.17. The molecule has 1 aliphatic carbocycles. The van der Waals surface area contributed by atoms with Gasteiger partial charge in [0.2, 0.25) is 11.8 Å². The monoisotopic (exact) mass is 779 g/mol. The molecule has 5 rings (SSSR count). The van der Waals surface area contributed by atoms with Crippen molar-refractivity contribution in [3.63, 3.8) is 0 Å². The van der Waals surface area contributed by atoms with Crippen molar-refractivity contribution in [3.05, 3.63) is 129 Å². The maximum absolute atomic E-state index is 14.7. The predicted molar refractivity (Wildman–Crippen MR) is 193 cm³/mol. The number of sulfonamides is 1. The molecule has 4 aromatic rings. The Hall–Kier alpha value is -3.47. The van der Waals surface area contributed by atoms with Crippen LogP contribution in [-0.4, -0.2) is 43.8 Å². The fraction of sp³-hybridized carbons (Fsp3) is 0.297. The van der Waals surface area contributed by atoms with Crippen LogP contribution in [0.3, 0.4) is 0 Å². The van der Waals surface area contributed by atoms with Gasteiger partial charge in [-0.2, -0.15) is 0 Å². The number of nitrogens with one attached hydrogen (secondary N) is 1. The highest BCUT2D eigenvalue weighted by molar-refractivity contribution is 9.10. The molecular formula is C37H39Br2N3O4S. The van der Waals surface area contributed by atoms with E-state index in [9.17, 15) is 18.0 Å². The van der Waals surface area contributed by atoms with E-state index in [-0.39, 0.29) is 29.8 Å². The van der Waals surface area contributed by atoms with E-state index in [1.165, 1.54) is 0 Å². The van der Waals surface area contributed by atoms with Crippen molar-refractivity contribution in [2.75, 3.05) is 10.8 Å². The number of aryl methyl sites for hydroxylation is 1. The summed E-state index contributed by atoms with van der Waals surface area (Å²) in [6.07, 6.45) is 5.32. The van der Waals surface area contributed by atoms with Gasteiger partial charge >= 0.3 is 0 Å². The van der Waals surface area contributed by atoms with Gasteiger partial charge in [-0.1, -0.05) is 117 Å². The van der Waals surface area contributed by atoms with Crippen molar-refractivity contribution in [1.29, 1.82) is 0 Å². The standard InChI is InChI=1S/C37H39Br2N3O4S/c1-27-18-20-34(21-19-27)47(45,46)42(33-17-9-14-31(39)24-33)26-36(43)41(25-29-12-8-13-30(38)22-29)35(23-28-10-4-2-5-11-28)37(44)40-32-15-6-3-7-16-32/h2,4-5,8-14,17-22,24,32,35H,3,6-7,15-16,23,25-26H2,1H3,(H,40,44)/t35-/m1/s1. The van der Waals surface area contributed by atoms with Crippen molar-refractivity contribution in [2.24, 2.45) is 0 Å². The van der Waals surface area contributed by atoms with Gasteiger partial charge in [0.1, 0.15) is 12.6 Å². The largest absolute Gasteiger partial charge is 0.352 e. The number of hydrogen-bond donors (Lipinski definition) is 1. The molecule has 0 heterocycles. The summed E-state index contributed by atoms with van der Waals surface area (Å²) >= 11 is 7.00. The highest BCUT2D eigenvalue weighted by Gasteiger charge is 2.35. The van der Waals surface area contributed by atoms with Crippen LogP contribution in [0.15, 0.2) is 117 Å². The summed E-state index contributed by atoms with van der Waals surface area (Å²) in [5.41, 5.74) is 2.97. The number of halogens is 2. The third kappa shape index (κ3) is 9.33. The molecule has 10 heteroatoms. The maximum atomic E-state index is 14.7. The Kier molecular flexibility index (Phi) is 11.9. The molecule has 246 valence electrons. The summed E-state index contributed by atoms with van der Waals surface area (Å²) in [6.45, 7) is 1.50. The van der Waals surface area contributed by atoms with Crippen molar-refractivity contribution in [1.82, 2.24) is 10.2 Å². The summed E-state index contributed by atoms with van der Waals surface area (Å²) < 4.78 is 31.1. The van der Waals surface area contributed by atoms with Gasteiger partial charge in [-0.05, 0) is 73.4 Å². The van der Waals surface area contributed by atoms with E-state index in [0.29, 0.717) is 10.2 Å². The Labute approximate surface area is 294 Å². The Balaban J connectivity index is 1.56. The minimum Gasteiger partial charge on any atom is -0.352 e. The van der Waals surface area contributed by atoms with E-state index in [4.69, 9.17) is 0 Å². The van der Waals surface area contributed by atoms with Crippen molar-refractivity contribution in [2.45, 2.75) is 69.0 Å². The molecule has 0 bridgehead atoms. The average molecular weight is 782 g/mol. The zero-order chi connectivity index (χ0) is 33.4. The molecule has 1 saturated carbocycles. The number of hydrogen-bond acceptors (Lipinski definition) is 4. The first-order valence-corrected chi connectivity index (χ1v) is 18.9. The lowest BCUT2D eigenvalue weighted by molar-refractivity contribution is -0.140. The fourth-order valence-electron chi connectivity index (χ4n) is 5.93. The minimum absolute atomic E-state index is 0.0393. The molecule has 0 spiro atoms. The third-order valence-corrected chi connectivity index (χ3v) is 11.2. The SMILES string of the molecule is Cc1ccc(S(=O)(=O)N(CC(=O)N(Cc2cccc(Br)c2)[C@H](Cc2ccccc2)C(=O)NC2CCCCC2)c2cccc(Br)c2)cc1. The highest BCUT2D eigenvalue weighted by Crippen LogP contribution is 2.28. The second-order valence-electron chi connectivity index (χ2n) is 12.0. The number of anilines is 1. The quantitative estimate of drug-likeness (QED) is 0.159. The van der Waals surface area contributed by atoms with Gasteiger partial charge in [-0.3, -0.25) is 13.9 Å². The number of carbonyl (C=O) groups is 2. The maximum Gasteiger partial charge on any atom is 0.264 e. The van der Waals surface area contributed by atoms with Crippen LogP contribution in [0.25, 0.3) is 0 Å². The number of benzene rings is 4. The van der Waals surface area contributed by atoms with E-state index in [1.807, 2.05) is 61.5 Å². The Morgan fingerprint density at radius 2 is 1.45 bits per heavy atom. The number of rotatable bonds is 12. The molecule has 1 aliphatic rings. The molecule has 0 saturated heterocycles. The van der Waals surface area contributed by atoms with Crippen molar-refractivity contribution >= 4 is 59.4 Å². The molecule has 47 heavy (non-hydrogen) atoms. The predicted octanol–water partition coefficient (Wildman–Crippen LogP) is 7.80. The molecule has 0 aliphatic heterocycles. The molecule has 1 atom stereocenters. The van der Waals surface area contributed by atoms with Gasteiger partial charge in [0, 0.05) is 28.0 Å². The van der Waals surface area contributed by atoms with Gasteiger partial charge in [0.25, 0.3) is 10.0 Å². The lowest BCUT2D eigenvalue weighted by atomic mass is 9.94. The van der Waals surface area contributed by atoms with E-state index in [1.54, 1.807) is 53.4 Å². The Bertz CT molecular complexity index is 1780. The first-order valence-electron chi connectivity index (χ1n) is 15.8. The molecular weight excluding hydrogens is 742 g/mol. The second-order valence-corrected chi connectivity index (χ2v) is 15.7. The van der Waals surface area contributed by atoms with E-state index in [0.717, 1.165) is 57.6 Å². The summed E-state index contributed by atoms with van der Waals surface area (Å²) in [4.78, 5) is 30.5. The Morgan fingerprint density at radius 1 is 0.809 bits per heavy atom. The number of carbonyl (C=O) groups excluding carboxylic acids is 2. The fourth-order valence-corrected chi connectivity index (χ4v) is 8.17. The van der Waals surface area contributed by atoms with Crippen molar-refractivity contribution in [3.8, 4) is 0 Å². The van der Waals surface area contributed by atoms with Crippen LogP contribution in [0.5, 0.6) is 0 Å². The van der Waals surface area contributed by atoms with Crippen molar-refractivity contribution < 1.29 is 18.0 Å². The van der Waals surface area contributed by atoms with Gasteiger partial charge in [-0.25, -0.2) is 8.42 Å². The zero-order valence-electron chi connectivity index (χ0n) is 26.3. The zero-order valence-corrected chi connectivity index (χ0v) is 30.3. The molecule has 0 unspecified atom stereocenters. The van der Waals surface area contributed by atoms with E-state index < -0.39 is 28.5 Å². The van der Waals surface area contributed by atoms with E-state index in [2.05, 4.69) is 37.2 Å². The third-order valence-electron chi connectivity index (χ3n) is 8.45. The van der Waals surface area contributed by atoms with Gasteiger partial charge in [0.15, 0.2) is 0 Å². The molecule has 1 fully saturated rings. The lowest BCUT2D eigenvalue weighted by Gasteiger charge is -2.35. The molecule has 2 amide bonds. The van der Waals surface area contributed by atoms with Crippen LogP contribution in [0.2, 0.25) is 0 Å². The highest BCUT2D eigenvalue weighted by atomic mass is 79.9. The average Bonchev–Trinajstić information content (AvgIpc) is 3.06. The molecule has 0 radical (unpaired) electrons. The normalized spacial score (nSPS) is 14.3. The summed E-state index contributed by atoms with van der Waals surface area (Å²) in [5, 5.41) is 3.25. The van der Waals surface area contributed by atoms with Crippen LogP contribution in [0.4, 0.5) is 5.69 Å². The van der Waals surface area contributed by atoms with Crippen LogP contribution in [0, 0.1) is 6.92 Å². The lowest BCUT2D eigenvalue weighted by Crippen LogP contribution is -2.55. The van der Waals surface area contributed by atoms with Crippen LogP contribution < -0.4 is 9.62 Å².